The van der Waals surface area contributed by atoms with Crippen molar-refractivity contribution in [1.82, 2.24) is 10.2 Å². The molecule has 0 bridgehead atoms. The molecule has 17 heavy (non-hydrogen) atoms. The second-order valence-electron chi connectivity index (χ2n) is 4.29. The molecule has 3 nitrogen and oxygen atoms in total. The zero-order valence-corrected chi connectivity index (χ0v) is 14.0. The molecule has 94 valence electrons. The smallest absolute Gasteiger partial charge is 0.133 e. The number of nitrogens with one attached hydrogen (secondary N) is 1. The fourth-order valence-corrected chi connectivity index (χ4v) is 4.06. The molecule has 5 heteroatoms. The van der Waals surface area contributed by atoms with Crippen LogP contribution in [0.1, 0.15) is 18.5 Å². The van der Waals surface area contributed by atoms with E-state index in [4.69, 9.17) is 0 Å². The van der Waals surface area contributed by atoms with Crippen LogP contribution in [0.2, 0.25) is 0 Å². The van der Waals surface area contributed by atoms with E-state index >= 15 is 0 Å². The molecule has 1 atom stereocenters. The van der Waals surface area contributed by atoms with Crippen molar-refractivity contribution in [3.05, 3.63) is 24.8 Å². The molecule has 0 radical (unpaired) electrons. The van der Waals surface area contributed by atoms with Gasteiger partial charge in [0.1, 0.15) is 5.75 Å². The van der Waals surface area contributed by atoms with Crippen molar-refractivity contribution in [2.75, 3.05) is 26.2 Å². The maximum absolute atomic E-state index is 10.2. The first kappa shape index (κ1) is 13.8. The third-order valence-electron chi connectivity index (χ3n) is 3.21. The molecule has 2 rings (SSSR count). The molecular weight excluding hydrogens is 442 g/mol. The third-order valence-corrected chi connectivity index (χ3v) is 4.65. The van der Waals surface area contributed by atoms with E-state index in [0.717, 1.165) is 35.3 Å². The van der Waals surface area contributed by atoms with Gasteiger partial charge in [-0.25, -0.2) is 0 Å². The van der Waals surface area contributed by atoms with Gasteiger partial charge in [0.25, 0.3) is 0 Å². The summed E-state index contributed by atoms with van der Waals surface area (Å²) in [6.07, 6.45) is 0. The van der Waals surface area contributed by atoms with Gasteiger partial charge >= 0.3 is 0 Å². The van der Waals surface area contributed by atoms with E-state index in [1.54, 1.807) is 0 Å². The average Bonchev–Trinajstić information content (AvgIpc) is 2.34. The van der Waals surface area contributed by atoms with Crippen LogP contribution in [0, 0.1) is 7.14 Å². The Morgan fingerprint density at radius 2 is 1.94 bits per heavy atom. The highest BCUT2D eigenvalue weighted by molar-refractivity contribution is 14.1. The molecular formula is C12H16I2N2O. The molecule has 1 aromatic rings. The predicted octanol–water partition coefficient (Wildman–Crippen LogP) is 2.57. The number of phenolic OH excluding ortho intramolecular Hbond substituents is 1. The van der Waals surface area contributed by atoms with Crippen molar-refractivity contribution >= 4 is 45.2 Å². The molecule has 1 aliphatic heterocycles. The van der Waals surface area contributed by atoms with Gasteiger partial charge in [-0.05, 0) is 64.2 Å². The SMILES string of the molecule is C[C@@H](c1cc(I)cc(I)c1O)N1CCNCC1. The average molecular weight is 458 g/mol. The first-order valence-electron chi connectivity index (χ1n) is 5.72. The number of halogens is 2. The van der Waals surface area contributed by atoms with Gasteiger partial charge in [0, 0.05) is 41.4 Å². The van der Waals surface area contributed by atoms with E-state index in [1.165, 1.54) is 3.57 Å². The van der Waals surface area contributed by atoms with Crippen LogP contribution in [0.25, 0.3) is 0 Å². The lowest BCUT2D eigenvalue weighted by atomic mass is 10.1. The normalized spacial score (nSPS) is 19.2. The Bertz CT molecular complexity index is 406. The van der Waals surface area contributed by atoms with Gasteiger partial charge in [-0.2, -0.15) is 0 Å². The zero-order chi connectivity index (χ0) is 12.4. The standard InChI is InChI=1S/C12H16I2N2O/c1-8(16-4-2-15-3-5-16)10-6-9(13)7-11(14)12(10)17/h6-8,15,17H,2-5H2,1H3/t8-/m0/s1. The molecule has 1 heterocycles. The largest absolute Gasteiger partial charge is 0.506 e. The van der Waals surface area contributed by atoms with E-state index < -0.39 is 0 Å². The van der Waals surface area contributed by atoms with Crippen molar-refractivity contribution in [2.24, 2.45) is 0 Å². The Kier molecular flexibility index (Phi) is 4.90. The fraction of sp³-hybridized carbons (Fsp3) is 0.500. The van der Waals surface area contributed by atoms with Crippen LogP contribution in [0.5, 0.6) is 5.75 Å². The minimum Gasteiger partial charge on any atom is -0.506 e. The summed E-state index contributed by atoms with van der Waals surface area (Å²) in [6, 6.07) is 4.37. The van der Waals surface area contributed by atoms with E-state index in [-0.39, 0.29) is 6.04 Å². The maximum Gasteiger partial charge on any atom is 0.133 e. The lowest BCUT2D eigenvalue weighted by Gasteiger charge is -2.33. The van der Waals surface area contributed by atoms with Gasteiger partial charge in [0.05, 0.1) is 3.57 Å². The highest BCUT2D eigenvalue weighted by Crippen LogP contribution is 2.33. The first-order chi connectivity index (χ1) is 8.09. The van der Waals surface area contributed by atoms with Crippen LogP contribution in [-0.4, -0.2) is 36.2 Å². The van der Waals surface area contributed by atoms with Crippen molar-refractivity contribution < 1.29 is 5.11 Å². The lowest BCUT2D eigenvalue weighted by molar-refractivity contribution is 0.183. The molecule has 1 aromatic carbocycles. The number of rotatable bonds is 2. The minimum absolute atomic E-state index is 0.278. The molecule has 0 unspecified atom stereocenters. The molecule has 2 N–H and O–H groups in total. The molecule has 0 aromatic heterocycles. The number of hydrogen-bond donors (Lipinski definition) is 2. The Morgan fingerprint density at radius 3 is 2.59 bits per heavy atom. The summed E-state index contributed by atoms with van der Waals surface area (Å²) in [4.78, 5) is 2.41. The summed E-state index contributed by atoms with van der Waals surface area (Å²) in [5.74, 6) is 0.442. The zero-order valence-electron chi connectivity index (χ0n) is 9.71. The third kappa shape index (κ3) is 3.24. The molecule has 0 aliphatic carbocycles. The van der Waals surface area contributed by atoms with Crippen LogP contribution >= 0.6 is 45.2 Å². The van der Waals surface area contributed by atoms with Crippen molar-refractivity contribution in [3.63, 3.8) is 0 Å². The number of nitrogens with zero attached hydrogens (tertiary/aromatic N) is 1. The summed E-state index contributed by atoms with van der Waals surface area (Å²) in [7, 11) is 0. The molecule has 1 fully saturated rings. The van der Waals surface area contributed by atoms with Crippen LogP contribution in [-0.2, 0) is 0 Å². The van der Waals surface area contributed by atoms with Crippen molar-refractivity contribution in [3.8, 4) is 5.75 Å². The van der Waals surface area contributed by atoms with Gasteiger partial charge in [-0.15, -0.1) is 0 Å². The molecule has 0 amide bonds. The quantitative estimate of drug-likeness (QED) is 0.670. The number of phenols is 1. The van der Waals surface area contributed by atoms with Crippen LogP contribution < -0.4 is 5.32 Å². The van der Waals surface area contributed by atoms with Crippen LogP contribution in [0.4, 0.5) is 0 Å². The van der Waals surface area contributed by atoms with Crippen LogP contribution in [0.15, 0.2) is 12.1 Å². The van der Waals surface area contributed by atoms with Gasteiger partial charge < -0.3 is 10.4 Å². The molecule has 1 saturated heterocycles. The Balaban J connectivity index is 2.26. The Morgan fingerprint density at radius 1 is 1.29 bits per heavy atom. The predicted molar refractivity (Wildman–Crippen MR) is 86.4 cm³/mol. The number of piperazine rings is 1. The molecule has 1 aliphatic rings. The van der Waals surface area contributed by atoms with Crippen molar-refractivity contribution in [2.45, 2.75) is 13.0 Å². The van der Waals surface area contributed by atoms with E-state index in [9.17, 15) is 5.11 Å². The monoisotopic (exact) mass is 458 g/mol. The summed E-state index contributed by atoms with van der Waals surface area (Å²) < 4.78 is 2.12. The Labute approximate surface area is 129 Å². The highest BCUT2D eigenvalue weighted by Gasteiger charge is 2.21. The molecule has 0 saturated carbocycles. The van der Waals surface area contributed by atoms with Gasteiger partial charge in [-0.1, -0.05) is 0 Å². The second-order valence-corrected chi connectivity index (χ2v) is 6.70. The summed E-state index contributed by atoms with van der Waals surface area (Å²) in [5.41, 5.74) is 1.04. The minimum atomic E-state index is 0.278. The van der Waals surface area contributed by atoms with Gasteiger partial charge in [0.2, 0.25) is 0 Å². The fourth-order valence-electron chi connectivity index (χ4n) is 2.17. The molecule has 0 spiro atoms. The van der Waals surface area contributed by atoms with E-state index in [0.29, 0.717) is 5.75 Å². The lowest BCUT2D eigenvalue weighted by Crippen LogP contribution is -2.44. The number of aromatic hydroxyl groups is 1. The first-order valence-corrected chi connectivity index (χ1v) is 7.88. The summed E-state index contributed by atoms with van der Waals surface area (Å²) in [6.45, 7) is 6.33. The maximum atomic E-state index is 10.2. The van der Waals surface area contributed by atoms with Crippen molar-refractivity contribution in [1.29, 1.82) is 0 Å². The summed E-state index contributed by atoms with van der Waals surface area (Å²) in [5, 5.41) is 13.5. The number of benzene rings is 1. The number of hydrogen-bond acceptors (Lipinski definition) is 3. The highest BCUT2D eigenvalue weighted by atomic mass is 127. The van der Waals surface area contributed by atoms with E-state index in [1.807, 2.05) is 6.07 Å². The van der Waals surface area contributed by atoms with Crippen LogP contribution in [0.3, 0.4) is 0 Å². The van der Waals surface area contributed by atoms with Gasteiger partial charge in [0.15, 0.2) is 0 Å². The second kappa shape index (κ2) is 6.03. The van der Waals surface area contributed by atoms with Gasteiger partial charge in [-0.3, -0.25) is 4.90 Å². The summed E-state index contributed by atoms with van der Waals surface area (Å²) >= 11 is 4.50. The topological polar surface area (TPSA) is 35.5 Å². The Hall–Kier alpha value is 0.400. The van der Waals surface area contributed by atoms with E-state index in [2.05, 4.69) is 68.4 Å².